The van der Waals surface area contributed by atoms with E-state index in [4.69, 9.17) is 4.74 Å². The van der Waals surface area contributed by atoms with Gasteiger partial charge in [0.2, 0.25) is 0 Å². The molecule has 1 aromatic heterocycles. The minimum absolute atomic E-state index is 0.280. The molecule has 1 aromatic rings. The Labute approximate surface area is 82.0 Å². The highest BCUT2D eigenvalue weighted by Gasteiger charge is 2.19. The maximum Gasteiger partial charge on any atom is 0.341 e. The van der Waals surface area contributed by atoms with Crippen molar-refractivity contribution in [3.05, 3.63) is 17.5 Å². The number of aromatic nitrogens is 2. The number of carbonyl (C=O) groups excluding carboxylic acids is 1. The average molecular weight is 195 g/mol. The van der Waals surface area contributed by atoms with Crippen LogP contribution in [0.25, 0.3) is 0 Å². The van der Waals surface area contributed by atoms with Crippen molar-refractivity contribution < 1.29 is 9.53 Å². The molecule has 1 aliphatic rings. The van der Waals surface area contributed by atoms with Crippen LogP contribution in [-0.4, -0.2) is 28.9 Å². The highest BCUT2D eigenvalue weighted by Crippen LogP contribution is 2.12. The molecule has 0 fully saturated rings. The summed E-state index contributed by atoms with van der Waals surface area (Å²) >= 11 is 0. The van der Waals surface area contributed by atoms with Crippen LogP contribution >= 0.6 is 0 Å². The molecule has 0 spiro atoms. The number of carbonyl (C=O) groups is 1. The number of nitrogens with one attached hydrogen (secondary N) is 1. The van der Waals surface area contributed by atoms with Gasteiger partial charge in [0.05, 0.1) is 25.0 Å². The molecule has 0 aliphatic carbocycles. The molecule has 2 rings (SSSR count). The van der Waals surface area contributed by atoms with Gasteiger partial charge in [0.25, 0.3) is 0 Å². The molecule has 0 unspecified atom stereocenters. The summed E-state index contributed by atoms with van der Waals surface area (Å²) in [5, 5.41) is 7.33. The number of fused-ring (bicyclic) bond motifs is 1. The van der Waals surface area contributed by atoms with E-state index in [2.05, 4.69) is 10.4 Å². The summed E-state index contributed by atoms with van der Waals surface area (Å²) in [6.07, 6.45) is 1.58. The molecule has 2 heterocycles. The third-order valence-electron chi connectivity index (χ3n) is 2.24. The lowest BCUT2D eigenvalue weighted by molar-refractivity contribution is 0.0524. The van der Waals surface area contributed by atoms with Crippen molar-refractivity contribution in [2.24, 2.45) is 0 Å². The molecule has 14 heavy (non-hydrogen) atoms. The first-order chi connectivity index (χ1) is 6.83. The van der Waals surface area contributed by atoms with Crippen LogP contribution in [0.2, 0.25) is 0 Å². The number of rotatable bonds is 2. The van der Waals surface area contributed by atoms with Crippen molar-refractivity contribution >= 4 is 5.97 Å². The van der Waals surface area contributed by atoms with Crippen LogP contribution in [0.3, 0.4) is 0 Å². The number of esters is 1. The van der Waals surface area contributed by atoms with E-state index in [1.165, 1.54) is 0 Å². The maximum atomic E-state index is 11.5. The van der Waals surface area contributed by atoms with Crippen molar-refractivity contribution in [1.82, 2.24) is 15.1 Å². The van der Waals surface area contributed by atoms with Crippen molar-refractivity contribution in [3.63, 3.8) is 0 Å². The standard InChI is InChI=1S/C9H13N3O2/c1-2-14-9(13)7-5-11-12-4-3-10-6-8(7)12/h5,10H,2-4,6H2,1H3. The van der Waals surface area contributed by atoms with Crippen molar-refractivity contribution in [3.8, 4) is 0 Å². The zero-order chi connectivity index (χ0) is 9.97. The predicted molar refractivity (Wildman–Crippen MR) is 49.9 cm³/mol. The summed E-state index contributed by atoms with van der Waals surface area (Å²) in [7, 11) is 0. The molecule has 5 nitrogen and oxygen atoms in total. The SMILES string of the molecule is CCOC(=O)c1cnn2c1CNCC2. The largest absolute Gasteiger partial charge is 0.462 e. The van der Waals surface area contributed by atoms with E-state index in [0.717, 1.165) is 18.8 Å². The number of hydrogen-bond acceptors (Lipinski definition) is 4. The molecule has 0 atom stereocenters. The summed E-state index contributed by atoms with van der Waals surface area (Å²) < 4.78 is 6.78. The molecule has 5 heteroatoms. The molecule has 0 radical (unpaired) electrons. The van der Waals surface area contributed by atoms with E-state index in [0.29, 0.717) is 18.7 Å². The monoisotopic (exact) mass is 195 g/mol. The molecule has 0 saturated heterocycles. The Hall–Kier alpha value is -1.36. The number of ether oxygens (including phenoxy) is 1. The summed E-state index contributed by atoms with van der Waals surface area (Å²) in [4.78, 5) is 11.5. The fourth-order valence-corrected chi connectivity index (χ4v) is 1.56. The summed E-state index contributed by atoms with van der Waals surface area (Å²) in [6.45, 7) is 4.60. The number of hydrogen-bond donors (Lipinski definition) is 1. The van der Waals surface area contributed by atoms with Crippen LogP contribution in [0.1, 0.15) is 23.0 Å². The zero-order valence-corrected chi connectivity index (χ0v) is 8.12. The lowest BCUT2D eigenvalue weighted by Crippen LogP contribution is -2.29. The fourth-order valence-electron chi connectivity index (χ4n) is 1.56. The van der Waals surface area contributed by atoms with E-state index in [1.54, 1.807) is 13.1 Å². The number of nitrogens with zero attached hydrogens (tertiary/aromatic N) is 2. The van der Waals surface area contributed by atoms with Gasteiger partial charge in [0.1, 0.15) is 5.56 Å². The normalized spacial score (nSPS) is 14.9. The topological polar surface area (TPSA) is 56.1 Å². The average Bonchev–Trinajstić information content (AvgIpc) is 2.61. The Balaban J connectivity index is 2.25. The van der Waals surface area contributed by atoms with Crippen LogP contribution in [0.15, 0.2) is 6.20 Å². The second-order valence-corrected chi connectivity index (χ2v) is 3.13. The Bertz CT molecular complexity index is 346. The van der Waals surface area contributed by atoms with Crippen LogP contribution in [0, 0.1) is 0 Å². The van der Waals surface area contributed by atoms with Gasteiger partial charge in [-0.25, -0.2) is 4.79 Å². The van der Waals surface area contributed by atoms with Gasteiger partial charge < -0.3 is 10.1 Å². The van der Waals surface area contributed by atoms with Crippen molar-refractivity contribution in [2.45, 2.75) is 20.0 Å². The third-order valence-corrected chi connectivity index (χ3v) is 2.24. The highest BCUT2D eigenvalue weighted by atomic mass is 16.5. The first-order valence-corrected chi connectivity index (χ1v) is 4.75. The van der Waals surface area contributed by atoms with E-state index >= 15 is 0 Å². The van der Waals surface area contributed by atoms with Gasteiger partial charge in [-0.15, -0.1) is 0 Å². The quantitative estimate of drug-likeness (QED) is 0.683. The Morgan fingerprint density at radius 2 is 2.64 bits per heavy atom. The van der Waals surface area contributed by atoms with E-state index in [9.17, 15) is 4.79 Å². The lowest BCUT2D eigenvalue weighted by atomic mass is 10.2. The minimum Gasteiger partial charge on any atom is -0.462 e. The first-order valence-electron chi connectivity index (χ1n) is 4.75. The summed E-state index contributed by atoms with van der Waals surface area (Å²) in [5.41, 5.74) is 1.51. The molecule has 1 aliphatic heterocycles. The molecule has 76 valence electrons. The Morgan fingerprint density at radius 3 is 3.43 bits per heavy atom. The van der Waals surface area contributed by atoms with Crippen LogP contribution in [0.5, 0.6) is 0 Å². The highest BCUT2D eigenvalue weighted by molar-refractivity contribution is 5.90. The first kappa shape index (κ1) is 9.21. The molecule has 0 saturated carbocycles. The molecule has 0 bridgehead atoms. The third kappa shape index (κ3) is 1.50. The van der Waals surface area contributed by atoms with Crippen LogP contribution < -0.4 is 5.32 Å². The van der Waals surface area contributed by atoms with Gasteiger partial charge >= 0.3 is 5.97 Å². The van der Waals surface area contributed by atoms with Gasteiger partial charge in [-0.2, -0.15) is 5.10 Å². The van der Waals surface area contributed by atoms with E-state index < -0.39 is 0 Å². The second-order valence-electron chi connectivity index (χ2n) is 3.13. The second kappa shape index (κ2) is 3.79. The molecular weight excluding hydrogens is 182 g/mol. The van der Waals surface area contributed by atoms with E-state index in [1.807, 2.05) is 4.68 Å². The zero-order valence-electron chi connectivity index (χ0n) is 8.12. The lowest BCUT2D eigenvalue weighted by Gasteiger charge is -2.15. The minimum atomic E-state index is -0.280. The van der Waals surface area contributed by atoms with Crippen molar-refractivity contribution in [2.75, 3.05) is 13.2 Å². The van der Waals surface area contributed by atoms with Gasteiger partial charge in [-0.1, -0.05) is 0 Å². The van der Waals surface area contributed by atoms with Crippen LogP contribution in [-0.2, 0) is 17.8 Å². The molecular formula is C9H13N3O2. The fraction of sp³-hybridized carbons (Fsp3) is 0.556. The van der Waals surface area contributed by atoms with Gasteiger partial charge in [-0.3, -0.25) is 4.68 Å². The van der Waals surface area contributed by atoms with Crippen molar-refractivity contribution in [1.29, 1.82) is 0 Å². The smallest absolute Gasteiger partial charge is 0.341 e. The van der Waals surface area contributed by atoms with Crippen LogP contribution in [0.4, 0.5) is 0 Å². The van der Waals surface area contributed by atoms with E-state index in [-0.39, 0.29) is 5.97 Å². The molecule has 1 N–H and O–H groups in total. The molecule has 0 amide bonds. The van der Waals surface area contributed by atoms with Gasteiger partial charge in [0.15, 0.2) is 0 Å². The summed E-state index contributed by atoms with van der Waals surface area (Å²) in [6, 6.07) is 0. The summed E-state index contributed by atoms with van der Waals surface area (Å²) in [5.74, 6) is -0.280. The Morgan fingerprint density at radius 1 is 1.79 bits per heavy atom. The van der Waals surface area contributed by atoms with Gasteiger partial charge in [-0.05, 0) is 6.92 Å². The maximum absolute atomic E-state index is 11.5. The predicted octanol–water partition coefficient (Wildman–Crippen LogP) is 0.163. The van der Waals surface area contributed by atoms with Gasteiger partial charge in [0, 0.05) is 13.1 Å². The molecule has 0 aromatic carbocycles. The Kier molecular flexibility index (Phi) is 2.49.